The lowest BCUT2D eigenvalue weighted by Gasteiger charge is -2.15. The van der Waals surface area contributed by atoms with Crippen LogP contribution in [0.5, 0.6) is 11.5 Å². The zero-order valence-corrected chi connectivity index (χ0v) is 17.9. The number of nitrogens with zero attached hydrogens (tertiary/aromatic N) is 3. The molecule has 0 radical (unpaired) electrons. The molecular formula is C20H20BrClN4O2. The van der Waals surface area contributed by atoms with Crippen LogP contribution in [0, 0.1) is 6.92 Å². The second kappa shape index (κ2) is 9.12. The van der Waals surface area contributed by atoms with Gasteiger partial charge in [0.15, 0.2) is 11.5 Å². The van der Waals surface area contributed by atoms with Gasteiger partial charge in [-0.3, -0.25) is 0 Å². The van der Waals surface area contributed by atoms with E-state index in [2.05, 4.69) is 26.0 Å². The van der Waals surface area contributed by atoms with Crippen molar-refractivity contribution in [2.75, 3.05) is 12.3 Å². The third-order valence-electron chi connectivity index (χ3n) is 3.83. The van der Waals surface area contributed by atoms with Crippen LogP contribution < -0.4 is 15.2 Å². The minimum absolute atomic E-state index is 0.330. The molecule has 0 atom stereocenters. The quantitative estimate of drug-likeness (QED) is 0.498. The third kappa shape index (κ3) is 4.85. The molecule has 146 valence electrons. The van der Waals surface area contributed by atoms with Gasteiger partial charge in [-0.1, -0.05) is 29.8 Å². The third-order valence-corrected chi connectivity index (χ3v) is 4.79. The number of nitrogens with two attached hydrogens (primary N) is 1. The first kappa shape index (κ1) is 20.2. The highest BCUT2D eigenvalue weighted by molar-refractivity contribution is 9.10. The number of ether oxygens (including phenoxy) is 2. The van der Waals surface area contributed by atoms with E-state index in [4.69, 9.17) is 26.8 Å². The van der Waals surface area contributed by atoms with Crippen molar-refractivity contribution in [3.63, 3.8) is 0 Å². The smallest absolute Gasteiger partial charge is 0.221 e. The Morgan fingerprint density at radius 2 is 2.07 bits per heavy atom. The van der Waals surface area contributed by atoms with Gasteiger partial charge in [-0.05, 0) is 53.5 Å². The van der Waals surface area contributed by atoms with Crippen molar-refractivity contribution in [3.05, 3.63) is 68.9 Å². The summed E-state index contributed by atoms with van der Waals surface area (Å²) >= 11 is 9.77. The molecule has 1 heterocycles. The van der Waals surface area contributed by atoms with Crippen LogP contribution >= 0.6 is 27.5 Å². The predicted octanol–water partition coefficient (Wildman–Crippen LogP) is 5.05. The van der Waals surface area contributed by atoms with E-state index in [0.29, 0.717) is 35.7 Å². The largest absolute Gasteiger partial charge is 0.490 e. The second-order valence-electron chi connectivity index (χ2n) is 5.97. The minimum atomic E-state index is 0.330. The van der Waals surface area contributed by atoms with Gasteiger partial charge in [-0.15, -0.1) is 0 Å². The molecule has 3 rings (SSSR count). The summed E-state index contributed by atoms with van der Waals surface area (Å²) in [5.41, 5.74) is 8.34. The van der Waals surface area contributed by atoms with Gasteiger partial charge in [0, 0.05) is 10.6 Å². The standard InChI is InChI=1S/C20H20BrClN4O2/c1-3-27-18-9-14(10-24-26-11-13(2)25-20(26)23)8-16(21)19(18)28-12-15-6-4-5-7-17(15)22/h4-11H,3,12H2,1-2H3,(H2,23,25). The van der Waals surface area contributed by atoms with E-state index in [1.807, 2.05) is 50.2 Å². The maximum absolute atomic E-state index is 6.21. The minimum Gasteiger partial charge on any atom is -0.490 e. The summed E-state index contributed by atoms with van der Waals surface area (Å²) in [6.07, 6.45) is 3.44. The number of halogens is 2. The molecular weight excluding hydrogens is 444 g/mol. The van der Waals surface area contributed by atoms with Crippen LogP contribution in [0.3, 0.4) is 0 Å². The number of rotatable bonds is 7. The van der Waals surface area contributed by atoms with Crippen molar-refractivity contribution in [1.82, 2.24) is 9.66 Å². The van der Waals surface area contributed by atoms with Gasteiger partial charge >= 0.3 is 0 Å². The number of anilines is 1. The number of aryl methyl sites for hydroxylation is 1. The van der Waals surface area contributed by atoms with Crippen molar-refractivity contribution in [2.24, 2.45) is 5.10 Å². The van der Waals surface area contributed by atoms with Crippen LogP contribution in [0.2, 0.25) is 5.02 Å². The van der Waals surface area contributed by atoms with E-state index in [-0.39, 0.29) is 0 Å². The number of aromatic nitrogens is 2. The highest BCUT2D eigenvalue weighted by Gasteiger charge is 2.13. The first-order valence-electron chi connectivity index (χ1n) is 8.66. The average Bonchev–Trinajstić information content (AvgIpc) is 2.98. The lowest BCUT2D eigenvalue weighted by atomic mass is 10.2. The number of imidazole rings is 1. The summed E-state index contributed by atoms with van der Waals surface area (Å²) in [5.74, 6) is 1.55. The Morgan fingerprint density at radius 1 is 1.29 bits per heavy atom. The topological polar surface area (TPSA) is 74.7 Å². The van der Waals surface area contributed by atoms with E-state index in [9.17, 15) is 0 Å². The van der Waals surface area contributed by atoms with Crippen LogP contribution in [0.4, 0.5) is 5.95 Å². The zero-order valence-electron chi connectivity index (χ0n) is 15.5. The Kier molecular flexibility index (Phi) is 6.59. The van der Waals surface area contributed by atoms with E-state index < -0.39 is 0 Å². The van der Waals surface area contributed by atoms with Crippen LogP contribution in [0.15, 0.2) is 52.2 Å². The fourth-order valence-electron chi connectivity index (χ4n) is 2.56. The molecule has 0 aliphatic rings. The Hall–Kier alpha value is -2.51. The van der Waals surface area contributed by atoms with Gasteiger partial charge in [-0.2, -0.15) is 5.10 Å². The summed E-state index contributed by atoms with van der Waals surface area (Å²) < 4.78 is 14.0. The number of nitrogen functional groups attached to an aromatic ring is 1. The monoisotopic (exact) mass is 462 g/mol. The molecule has 0 fully saturated rings. The molecule has 8 heteroatoms. The van der Waals surface area contributed by atoms with Crippen LogP contribution in [0.1, 0.15) is 23.7 Å². The molecule has 0 aliphatic carbocycles. The highest BCUT2D eigenvalue weighted by Crippen LogP contribution is 2.37. The molecule has 6 nitrogen and oxygen atoms in total. The molecule has 3 aromatic rings. The van der Waals surface area contributed by atoms with Crippen molar-refractivity contribution in [1.29, 1.82) is 0 Å². The molecule has 2 N–H and O–H groups in total. The van der Waals surface area contributed by atoms with Gasteiger partial charge in [-0.25, -0.2) is 9.66 Å². The normalized spacial score (nSPS) is 11.1. The zero-order chi connectivity index (χ0) is 20.1. The van der Waals surface area contributed by atoms with Crippen LogP contribution in [-0.4, -0.2) is 22.5 Å². The van der Waals surface area contributed by atoms with Gasteiger partial charge in [0.2, 0.25) is 5.95 Å². The number of hydrogen-bond acceptors (Lipinski definition) is 5. The van der Waals surface area contributed by atoms with Crippen molar-refractivity contribution >= 4 is 39.7 Å². The molecule has 2 aromatic carbocycles. The molecule has 0 unspecified atom stereocenters. The maximum atomic E-state index is 6.21. The van der Waals surface area contributed by atoms with Gasteiger partial charge in [0.05, 0.1) is 29.2 Å². The van der Waals surface area contributed by atoms with Crippen LogP contribution in [-0.2, 0) is 6.61 Å². The van der Waals surface area contributed by atoms with Crippen LogP contribution in [0.25, 0.3) is 0 Å². The second-order valence-corrected chi connectivity index (χ2v) is 7.23. The van der Waals surface area contributed by atoms with Gasteiger partial charge in [0.25, 0.3) is 0 Å². The van der Waals surface area contributed by atoms with Gasteiger partial charge < -0.3 is 15.2 Å². The van der Waals surface area contributed by atoms with Crippen molar-refractivity contribution in [3.8, 4) is 11.5 Å². The van der Waals surface area contributed by atoms with E-state index in [0.717, 1.165) is 21.3 Å². The fourth-order valence-corrected chi connectivity index (χ4v) is 3.32. The molecule has 0 amide bonds. The van der Waals surface area contributed by atoms with E-state index >= 15 is 0 Å². The fraction of sp³-hybridized carbons (Fsp3) is 0.200. The SMILES string of the molecule is CCOc1cc(C=Nn2cc(C)nc2N)cc(Br)c1OCc1ccccc1Cl. The Labute approximate surface area is 177 Å². The average molecular weight is 464 g/mol. The summed E-state index contributed by atoms with van der Waals surface area (Å²) in [4.78, 5) is 4.12. The lowest BCUT2D eigenvalue weighted by Crippen LogP contribution is -2.02. The molecule has 0 spiro atoms. The molecule has 28 heavy (non-hydrogen) atoms. The van der Waals surface area contributed by atoms with Crippen molar-refractivity contribution in [2.45, 2.75) is 20.5 Å². The Balaban J connectivity index is 1.85. The first-order valence-corrected chi connectivity index (χ1v) is 9.83. The highest BCUT2D eigenvalue weighted by atomic mass is 79.9. The van der Waals surface area contributed by atoms with Gasteiger partial charge in [0.1, 0.15) is 6.61 Å². The molecule has 0 saturated heterocycles. The first-order chi connectivity index (χ1) is 13.5. The summed E-state index contributed by atoms with van der Waals surface area (Å²) in [6, 6.07) is 11.3. The van der Waals surface area contributed by atoms with Crippen molar-refractivity contribution < 1.29 is 9.47 Å². The summed E-state index contributed by atoms with van der Waals surface area (Å²) in [7, 11) is 0. The van der Waals surface area contributed by atoms with E-state index in [1.165, 1.54) is 4.68 Å². The molecule has 0 bridgehead atoms. The van der Waals surface area contributed by atoms with E-state index in [1.54, 1.807) is 12.4 Å². The molecule has 1 aromatic heterocycles. The molecule has 0 aliphatic heterocycles. The molecule has 0 saturated carbocycles. The number of benzene rings is 2. The number of hydrogen-bond donors (Lipinski definition) is 1. The maximum Gasteiger partial charge on any atom is 0.221 e. The Morgan fingerprint density at radius 3 is 2.75 bits per heavy atom. The lowest BCUT2D eigenvalue weighted by molar-refractivity contribution is 0.267. The predicted molar refractivity (Wildman–Crippen MR) is 115 cm³/mol. The summed E-state index contributed by atoms with van der Waals surface area (Å²) in [5, 5.41) is 5.00. The Bertz CT molecular complexity index is 1000. The summed E-state index contributed by atoms with van der Waals surface area (Å²) in [6.45, 7) is 4.61.